The van der Waals surface area contributed by atoms with Crippen molar-refractivity contribution in [3.8, 4) is 0 Å². The lowest BCUT2D eigenvalue weighted by atomic mass is 10.1. The molecular weight excluding hydrogens is 316 g/mol. The molecule has 0 aliphatic rings. The Balaban J connectivity index is 2.10. The van der Waals surface area contributed by atoms with Crippen LogP contribution in [0, 0.1) is 13.8 Å². The second-order valence-electron chi connectivity index (χ2n) is 5.63. The quantitative estimate of drug-likeness (QED) is 0.698. The molecule has 1 aromatic heterocycles. The molecular formula is C16H18N2O6. The Morgan fingerprint density at radius 1 is 1.21 bits per heavy atom. The van der Waals surface area contributed by atoms with Crippen molar-refractivity contribution < 1.29 is 29.1 Å². The van der Waals surface area contributed by atoms with Gasteiger partial charge in [-0.15, -0.1) is 0 Å². The normalized spacial score (nSPS) is 12.1. The summed E-state index contributed by atoms with van der Waals surface area (Å²) in [6.07, 6.45) is -0.677. The minimum atomic E-state index is -1.28. The van der Waals surface area contributed by atoms with E-state index >= 15 is 0 Å². The third-order valence-corrected chi connectivity index (χ3v) is 3.77. The summed E-state index contributed by atoms with van der Waals surface area (Å²) in [6.45, 7) is 3.86. The number of carbonyl (C=O) groups excluding carboxylic acids is 1. The van der Waals surface area contributed by atoms with Crippen molar-refractivity contribution in [1.82, 2.24) is 10.5 Å². The average molecular weight is 334 g/mol. The van der Waals surface area contributed by atoms with Gasteiger partial charge in [0, 0.05) is 11.8 Å². The van der Waals surface area contributed by atoms with Crippen LogP contribution < -0.4 is 5.32 Å². The van der Waals surface area contributed by atoms with Crippen LogP contribution in [0.15, 0.2) is 16.7 Å². The van der Waals surface area contributed by atoms with E-state index in [1.165, 1.54) is 0 Å². The number of benzene rings is 1. The van der Waals surface area contributed by atoms with E-state index in [2.05, 4.69) is 10.5 Å². The Hall–Kier alpha value is -2.90. The number of aromatic nitrogens is 1. The fourth-order valence-electron chi connectivity index (χ4n) is 2.29. The number of carboxylic acid groups (broad SMARTS) is 2. The van der Waals surface area contributed by atoms with Crippen LogP contribution in [-0.4, -0.2) is 39.3 Å². The zero-order valence-corrected chi connectivity index (χ0v) is 13.3. The topological polar surface area (TPSA) is 130 Å². The molecule has 1 atom stereocenters. The van der Waals surface area contributed by atoms with Gasteiger partial charge in [0.25, 0.3) is 0 Å². The molecule has 0 spiro atoms. The van der Waals surface area contributed by atoms with Gasteiger partial charge in [0.2, 0.25) is 5.91 Å². The Kier molecular flexibility index (Phi) is 5.18. The lowest BCUT2D eigenvalue weighted by molar-refractivity contribution is -0.143. The Labute approximate surface area is 137 Å². The molecule has 1 unspecified atom stereocenters. The summed E-state index contributed by atoms with van der Waals surface area (Å²) in [7, 11) is 0. The molecule has 0 aliphatic heterocycles. The van der Waals surface area contributed by atoms with Gasteiger partial charge in [-0.25, -0.2) is 4.79 Å². The summed E-state index contributed by atoms with van der Waals surface area (Å²) in [5, 5.41) is 24.6. The number of nitrogens with zero attached hydrogens (tertiary/aromatic N) is 1. The first-order valence-corrected chi connectivity index (χ1v) is 7.37. The molecule has 0 saturated carbocycles. The fourth-order valence-corrected chi connectivity index (χ4v) is 2.29. The summed E-state index contributed by atoms with van der Waals surface area (Å²) in [5.74, 6) is -2.95. The number of amides is 1. The predicted molar refractivity (Wildman–Crippen MR) is 83.6 cm³/mol. The van der Waals surface area contributed by atoms with Crippen LogP contribution in [0.25, 0.3) is 11.0 Å². The number of carboxylic acids is 2. The second kappa shape index (κ2) is 7.12. The summed E-state index contributed by atoms with van der Waals surface area (Å²) in [4.78, 5) is 33.7. The highest BCUT2D eigenvalue weighted by atomic mass is 16.5. The van der Waals surface area contributed by atoms with Crippen molar-refractivity contribution in [3.63, 3.8) is 0 Å². The molecule has 2 rings (SSSR count). The second-order valence-corrected chi connectivity index (χ2v) is 5.63. The molecule has 0 fully saturated rings. The van der Waals surface area contributed by atoms with E-state index in [-0.39, 0.29) is 19.3 Å². The molecule has 8 heteroatoms. The summed E-state index contributed by atoms with van der Waals surface area (Å²) < 4.78 is 5.19. The maximum absolute atomic E-state index is 12.1. The van der Waals surface area contributed by atoms with E-state index in [1.54, 1.807) is 0 Å². The maximum Gasteiger partial charge on any atom is 0.326 e. The first-order valence-electron chi connectivity index (χ1n) is 7.37. The third kappa shape index (κ3) is 4.09. The van der Waals surface area contributed by atoms with Crippen LogP contribution in [0.3, 0.4) is 0 Å². The number of aliphatic carboxylic acids is 2. The van der Waals surface area contributed by atoms with Gasteiger partial charge in [0.15, 0.2) is 5.58 Å². The van der Waals surface area contributed by atoms with E-state index in [0.29, 0.717) is 16.7 Å². The van der Waals surface area contributed by atoms with Crippen LogP contribution >= 0.6 is 0 Å². The number of fused-ring (bicyclic) bond motifs is 1. The maximum atomic E-state index is 12.1. The molecule has 0 bridgehead atoms. The third-order valence-electron chi connectivity index (χ3n) is 3.77. The lowest BCUT2D eigenvalue weighted by Gasteiger charge is -2.12. The highest BCUT2D eigenvalue weighted by Crippen LogP contribution is 2.23. The average Bonchev–Trinajstić information content (AvgIpc) is 2.85. The Morgan fingerprint density at radius 2 is 1.88 bits per heavy atom. The van der Waals surface area contributed by atoms with E-state index in [9.17, 15) is 14.4 Å². The Bertz CT molecular complexity index is 795. The van der Waals surface area contributed by atoms with Crippen molar-refractivity contribution in [2.24, 2.45) is 0 Å². The van der Waals surface area contributed by atoms with E-state index in [4.69, 9.17) is 14.7 Å². The molecule has 24 heavy (non-hydrogen) atoms. The number of aryl methyl sites for hydroxylation is 2. The standard InChI is InChI=1S/C16H18N2O6/c1-8-5-10-12(18-24-13(10)6-9(8)2)7-14(19)17-11(16(22)23)3-4-15(20)21/h5-6,11H,3-4,7H2,1-2H3,(H,17,19)(H,20,21)(H,22,23). The van der Waals surface area contributed by atoms with Crippen molar-refractivity contribution >= 4 is 28.8 Å². The summed E-state index contributed by atoms with van der Waals surface area (Å²) >= 11 is 0. The molecule has 2 aromatic rings. The van der Waals surface area contributed by atoms with E-state index < -0.39 is 23.9 Å². The van der Waals surface area contributed by atoms with Crippen LogP contribution in [-0.2, 0) is 20.8 Å². The SMILES string of the molecule is Cc1cc2onc(CC(=O)NC(CCC(=O)O)C(=O)O)c2cc1C. The molecule has 8 nitrogen and oxygen atoms in total. The zero-order chi connectivity index (χ0) is 17.9. The van der Waals surface area contributed by atoms with Crippen molar-refractivity contribution in [1.29, 1.82) is 0 Å². The minimum absolute atomic E-state index is 0.146. The lowest BCUT2D eigenvalue weighted by Crippen LogP contribution is -2.41. The van der Waals surface area contributed by atoms with E-state index in [0.717, 1.165) is 11.1 Å². The predicted octanol–water partition coefficient (Wildman–Crippen LogP) is 1.42. The smallest absolute Gasteiger partial charge is 0.326 e. The Morgan fingerprint density at radius 3 is 2.50 bits per heavy atom. The van der Waals surface area contributed by atoms with Gasteiger partial charge in [-0.1, -0.05) is 5.16 Å². The molecule has 0 radical (unpaired) electrons. The first-order chi connectivity index (χ1) is 11.3. The van der Waals surface area contributed by atoms with Crippen molar-refractivity contribution in [2.45, 2.75) is 39.2 Å². The van der Waals surface area contributed by atoms with Gasteiger partial charge >= 0.3 is 11.9 Å². The largest absolute Gasteiger partial charge is 0.481 e. The number of carbonyl (C=O) groups is 3. The molecule has 0 aliphatic carbocycles. The van der Waals surface area contributed by atoms with Crippen LogP contribution in [0.1, 0.15) is 29.7 Å². The van der Waals surface area contributed by atoms with Gasteiger partial charge in [0.1, 0.15) is 11.7 Å². The molecule has 3 N–H and O–H groups in total. The molecule has 128 valence electrons. The van der Waals surface area contributed by atoms with Gasteiger partial charge < -0.3 is 20.1 Å². The van der Waals surface area contributed by atoms with Gasteiger partial charge in [-0.2, -0.15) is 0 Å². The molecule has 1 amide bonds. The molecule has 0 saturated heterocycles. The van der Waals surface area contributed by atoms with Crippen LogP contribution in [0.4, 0.5) is 0 Å². The van der Waals surface area contributed by atoms with Crippen molar-refractivity contribution in [3.05, 3.63) is 29.0 Å². The summed E-state index contributed by atoms with van der Waals surface area (Å²) in [5.41, 5.74) is 3.03. The summed E-state index contributed by atoms with van der Waals surface area (Å²) in [6, 6.07) is 2.44. The number of hydrogen-bond acceptors (Lipinski definition) is 5. The van der Waals surface area contributed by atoms with Gasteiger partial charge in [-0.3, -0.25) is 9.59 Å². The fraction of sp³-hybridized carbons (Fsp3) is 0.375. The number of rotatable bonds is 7. The van der Waals surface area contributed by atoms with Crippen LogP contribution in [0.5, 0.6) is 0 Å². The highest BCUT2D eigenvalue weighted by Gasteiger charge is 2.22. The monoisotopic (exact) mass is 334 g/mol. The number of hydrogen-bond donors (Lipinski definition) is 3. The molecule has 1 aromatic carbocycles. The van der Waals surface area contributed by atoms with Crippen molar-refractivity contribution in [2.75, 3.05) is 0 Å². The molecule has 1 heterocycles. The van der Waals surface area contributed by atoms with Crippen LogP contribution in [0.2, 0.25) is 0 Å². The van der Waals surface area contributed by atoms with Gasteiger partial charge in [-0.05, 0) is 43.5 Å². The minimum Gasteiger partial charge on any atom is -0.481 e. The zero-order valence-electron chi connectivity index (χ0n) is 13.3. The van der Waals surface area contributed by atoms with Gasteiger partial charge in [0.05, 0.1) is 6.42 Å². The van der Waals surface area contributed by atoms with E-state index in [1.807, 2.05) is 26.0 Å². The highest BCUT2D eigenvalue weighted by molar-refractivity contribution is 5.89. The number of nitrogens with one attached hydrogen (secondary N) is 1. The first kappa shape index (κ1) is 17.5.